The van der Waals surface area contributed by atoms with Crippen LogP contribution in [0.5, 0.6) is 0 Å². The topological polar surface area (TPSA) is 307 Å². The van der Waals surface area contributed by atoms with Crippen molar-refractivity contribution in [1.82, 2.24) is 0 Å². The Labute approximate surface area is 387 Å². The van der Waals surface area contributed by atoms with Crippen molar-refractivity contribution >= 4 is 0 Å². The van der Waals surface area contributed by atoms with Crippen LogP contribution in [0.1, 0.15) is 107 Å². The van der Waals surface area contributed by atoms with Gasteiger partial charge in [0.15, 0.2) is 18.9 Å². The van der Waals surface area contributed by atoms with Gasteiger partial charge < -0.3 is 94.4 Å². The van der Waals surface area contributed by atoms with Gasteiger partial charge in [0, 0.05) is 0 Å². The largest absolute Gasteiger partial charge is 0.394 e. The van der Waals surface area contributed by atoms with Crippen LogP contribution in [0.15, 0.2) is 0 Å². The van der Waals surface area contributed by atoms with Crippen molar-refractivity contribution in [3.8, 4) is 0 Å². The number of ether oxygens (including phenoxy) is 7. The van der Waals surface area contributed by atoms with Crippen LogP contribution in [-0.4, -0.2) is 203 Å². The zero-order valence-electron chi connectivity index (χ0n) is 39.7. The first kappa shape index (κ1) is 51.6. The van der Waals surface area contributed by atoms with Gasteiger partial charge >= 0.3 is 0 Å². The van der Waals surface area contributed by atoms with Crippen LogP contribution in [0.25, 0.3) is 0 Å². The number of aliphatic hydroxyl groups excluding tert-OH is 11. The van der Waals surface area contributed by atoms with E-state index in [0.29, 0.717) is 32.1 Å². The minimum atomic E-state index is -1.82. The summed E-state index contributed by atoms with van der Waals surface area (Å²) >= 11 is 0. The van der Waals surface area contributed by atoms with E-state index in [0.717, 1.165) is 19.3 Å². The third-order valence-corrected chi connectivity index (χ3v) is 19.1. The van der Waals surface area contributed by atoms with Gasteiger partial charge in [-0.1, -0.05) is 34.6 Å². The molecule has 0 amide bonds. The van der Waals surface area contributed by atoms with Gasteiger partial charge in [-0.05, 0) is 117 Å². The van der Waals surface area contributed by atoms with Gasteiger partial charge in [0.25, 0.3) is 0 Å². The fourth-order valence-corrected chi connectivity index (χ4v) is 15.2. The van der Waals surface area contributed by atoms with E-state index < -0.39 is 157 Å². The molecule has 26 atom stereocenters. The second-order valence-corrected chi connectivity index (χ2v) is 23.6. The lowest BCUT2D eigenvalue weighted by molar-refractivity contribution is -0.381. The van der Waals surface area contributed by atoms with E-state index >= 15 is 0 Å². The van der Waals surface area contributed by atoms with E-state index in [1.807, 2.05) is 13.8 Å². The summed E-state index contributed by atoms with van der Waals surface area (Å²) in [6.07, 6.45) is -20.0. The van der Waals surface area contributed by atoms with Crippen molar-refractivity contribution in [3.05, 3.63) is 0 Å². The van der Waals surface area contributed by atoms with Gasteiger partial charge in [0.1, 0.15) is 67.1 Å². The third-order valence-electron chi connectivity index (χ3n) is 19.1. The monoisotopic (exact) mass is 949 g/mol. The van der Waals surface area contributed by atoms with Crippen molar-refractivity contribution in [3.63, 3.8) is 0 Å². The van der Waals surface area contributed by atoms with Gasteiger partial charge in [-0.3, -0.25) is 0 Å². The Bertz CT molecular complexity index is 1700. The van der Waals surface area contributed by atoms with E-state index in [1.54, 1.807) is 13.8 Å². The molecule has 4 heterocycles. The fourth-order valence-electron chi connectivity index (χ4n) is 15.2. The molecular formula is C47H80O19. The Morgan fingerprint density at radius 3 is 1.95 bits per heavy atom. The smallest absolute Gasteiger partial charge is 0.187 e. The van der Waals surface area contributed by atoms with E-state index in [4.69, 9.17) is 33.2 Å². The normalized spacial score (nSPS) is 56.4. The lowest BCUT2D eigenvalue weighted by Gasteiger charge is -2.72. The highest BCUT2D eigenvalue weighted by atomic mass is 16.8. The summed E-state index contributed by atoms with van der Waals surface area (Å²) in [5, 5.41) is 132. The molecule has 4 saturated carbocycles. The van der Waals surface area contributed by atoms with Gasteiger partial charge in [-0.2, -0.15) is 0 Å². The summed E-state index contributed by atoms with van der Waals surface area (Å²) in [5.41, 5.74) is -3.84. The molecule has 4 aliphatic heterocycles. The van der Waals surface area contributed by atoms with E-state index in [9.17, 15) is 61.3 Å². The molecule has 4 saturated heterocycles. The Balaban J connectivity index is 1.14. The lowest BCUT2D eigenvalue weighted by atomic mass is 9.34. The van der Waals surface area contributed by atoms with Crippen molar-refractivity contribution in [2.45, 2.75) is 228 Å². The molecule has 382 valence electrons. The SMILES string of the molecule is CC(C)(O)[C@@H]1CC[C@@](C)(C2CC[C@]3(C)[C@@H]2[C@H](O)C[C@@H]2[C@@]4(C)CC[C@H](O)C(C)(C)[C@@H]4[C@@H](O[C@@H]4O[C@H](CO[C@H]5O[C@H](CO)[C@@H](O)[C@H](O)[C@H]5O)[C@@H](O)[C@H](O)[C@H]4O[C@@H]4OC[C@@H](O)[C@H](O)[C@H]4O)C[C@]23C)O1. The van der Waals surface area contributed by atoms with Gasteiger partial charge in [0.05, 0.1) is 55.4 Å². The number of rotatable bonds is 10. The Hall–Kier alpha value is -0.760. The molecular weight excluding hydrogens is 868 g/mol. The van der Waals surface area contributed by atoms with Crippen molar-refractivity contribution in [2.75, 3.05) is 19.8 Å². The Morgan fingerprint density at radius 1 is 0.652 bits per heavy atom. The van der Waals surface area contributed by atoms with Crippen LogP contribution in [0.2, 0.25) is 0 Å². The highest BCUT2D eigenvalue weighted by molar-refractivity contribution is 5.22. The van der Waals surface area contributed by atoms with Crippen LogP contribution >= 0.6 is 0 Å². The minimum absolute atomic E-state index is 0.00604. The van der Waals surface area contributed by atoms with Crippen molar-refractivity contribution in [2.24, 2.45) is 45.3 Å². The predicted octanol–water partition coefficient (Wildman–Crippen LogP) is -1.21. The van der Waals surface area contributed by atoms with Gasteiger partial charge in [-0.25, -0.2) is 0 Å². The van der Waals surface area contributed by atoms with Crippen LogP contribution in [0.3, 0.4) is 0 Å². The van der Waals surface area contributed by atoms with Crippen LogP contribution < -0.4 is 0 Å². The molecule has 1 unspecified atom stereocenters. The summed E-state index contributed by atoms with van der Waals surface area (Å²) in [6, 6.07) is 0. The summed E-state index contributed by atoms with van der Waals surface area (Å²) in [7, 11) is 0. The highest BCUT2D eigenvalue weighted by Crippen LogP contribution is 2.76. The maximum absolute atomic E-state index is 12.5. The second kappa shape index (κ2) is 18.1. The average molecular weight is 949 g/mol. The zero-order chi connectivity index (χ0) is 48.4. The van der Waals surface area contributed by atoms with Crippen molar-refractivity contribution < 1.29 is 94.4 Å². The molecule has 8 fully saturated rings. The molecule has 0 aromatic rings. The quantitative estimate of drug-likeness (QED) is 0.114. The van der Waals surface area contributed by atoms with E-state index in [1.165, 1.54) is 0 Å². The van der Waals surface area contributed by atoms with Gasteiger partial charge in [-0.15, -0.1) is 0 Å². The third kappa shape index (κ3) is 8.26. The molecule has 0 aromatic heterocycles. The molecule has 8 rings (SSSR count). The molecule has 19 heteroatoms. The number of aliphatic hydroxyl groups is 12. The van der Waals surface area contributed by atoms with Crippen LogP contribution in [-0.2, 0) is 33.2 Å². The van der Waals surface area contributed by atoms with E-state index in [-0.39, 0.29) is 29.8 Å². The first-order valence-corrected chi connectivity index (χ1v) is 24.3. The standard InChI is InChI=1S/C47H80O19/c1-42(2)27(51)10-12-44(5)26-15-21(49)29-20(47(8)14-11-28(66-47)43(3,4)59)9-13-45(29,6)46(26,7)16-23(38(42)44)62-41-37(65-40-35(57)30(52)22(50)18-60-40)34(56)32(54)25(64-41)19-61-39-36(58)33(55)31(53)24(17-48)63-39/h20-41,48-59H,9-19H2,1-8H3/t20?,21-,22-,23+,24-,25-,26-,27+,28+,29+,30+,31-,32-,33+,34+,35-,36-,37-,38+,39+,40+,41-,44-,45-,46-,47+/m1/s1. The molecule has 0 radical (unpaired) electrons. The highest BCUT2D eigenvalue weighted by Gasteiger charge is 2.74. The number of hydrogen-bond acceptors (Lipinski definition) is 19. The van der Waals surface area contributed by atoms with Crippen LogP contribution in [0, 0.1) is 45.3 Å². The molecule has 4 aliphatic carbocycles. The van der Waals surface area contributed by atoms with Gasteiger partial charge in [0.2, 0.25) is 0 Å². The number of fused-ring (bicyclic) bond motifs is 5. The molecule has 0 aromatic carbocycles. The summed E-state index contributed by atoms with van der Waals surface area (Å²) in [6.45, 7) is 14.8. The molecule has 19 nitrogen and oxygen atoms in total. The molecule has 8 aliphatic rings. The zero-order valence-corrected chi connectivity index (χ0v) is 39.7. The molecule has 66 heavy (non-hydrogen) atoms. The Kier molecular flexibility index (Phi) is 14.1. The Morgan fingerprint density at radius 2 is 1.30 bits per heavy atom. The van der Waals surface area contributed by atoms with Crippen molar-refractivity contribution in [1.29, 1.82) is 0 Å². The first-order valence-electron chi connectivity index (χ1n) is 24.3. The molecule has 0 spiro atoms. The molecule has 12 N–H and O–H groups in total. The second-order valence-electron chi connectivity index (χ2n) is 23.6. The average Bonchev–Trinajstić information content (AvgIpc) is 3.85. The lowest BCUT2D eigenvalue weighted by Crippen LogP contribution is -2.71. The van der Waals surface area contributed by atoms with E-state index in [2.05, 4.69) is 27.7 Å². The maximum atomic E-state index is 12.5. The molecule has 0 bridgehead atoms. The summed E-state index contributed by atoms with van der Waals surface area (Å²) in [5.74, 6) is -0.566. The fraction of sp³-hybridized carbons (Fsp3) is 1.00. The summed E-state index contributed by atoms with van der Waals surface area (Å²) in [4.78, 5) is 0. The van der Waals surface area contributed by atoms with Crippen LogP contribution in [0.4, 0.5) is 0 Å². The maximum Gasteiger partial charge on any atom is 0.187 e. The predicted molar refractivity (Wildman–Crippen MR) is 228 cm³/mol. The minimum Gasteiger partial charge on any atom is -0.394 e. The summed E-state index contributed by atoms with van der Waals surface area (Å²) < 4.78 is 43.6. The number of hydrogen-bond donors (Lipinski definition) is 12. The first-order chi connectivity index (χ1) is 30.6.